The van der Waals surface area contributed by atoms with E-state index < -0.39 is 12.1 Å². The highest BCUT2D eigenvalue weighted by atomic mass is 16.6. The third-order valence-electron chi connectivity index (χ3n) is 9.56. The van der Waals surface area contributed by atoms with Gasteiger partial charge in [0.25, 0.3) is 0 Å². The molecule has 1 unspecified atom stereocenters. The molecule has 0 N–H and O–H groups in total. The zero-order valence-electron chi connectivity index (χ0n) is 31.1. The van der Waals surface area contributed by atoms with Gasteiger partial charge in [-0.1, -0.05) is 67.9 Å². The van der Waals surface area contributed by atoms with Crippen LogP contribution in [0.1, 0.15) is 36.6 Å². The Kier molecular flexibility index (Phi) is 12.0. The van der Waals surface area contributed by atoms with E-state index in [-0.39, 0.29) is 12.5 Å². The summed E-state index contributed by atoms with van der Waals surface area (Å²) in [7, 11) is 7.42. The summed E-state index contributed by atoms with van der Waals surface area (Å²) in [6.45, 7) is 6.40. The highest BCUT2D eigenvalue weighted by molar-refractivity contribution is 5.96. The maximum Gasteiger partial charge on any atom is 0.410 e. The van der Waals surface area contributed by atoms with Gasteiger partial charge in [0.15, 0.2) is 0 Å². The first-order valence-corrected chi connectivity index (χ1v) is 18.2. The molecule has 0 saturated carbocycles. The van der Waals surface area contributed by atoms with E-state index in [1.54, 1.807) is 19.0 Å². The van der Waals surface area contributed by atoms with Gasteiger partial charge in [0.05, 0.1) is 18.8 Å². The lowest BCUT2D eigenvalue weighted by Crippen LogP contribution is -2.61. The standard InChI is InChI=1S/C40H51N7O5/c1-6-7-22-51-40(49)47-20-19-46(27-36(47)38(48)44(4)5)37-33-17-18-45(26-34(33)41-39(42-37)50-23-21-43(2)3)35-25-31(24-30-15-11-12-16-32(30)35)52-28-29-13-9-8-10-14-29/h8-16,24-25,36H,6-7,17-23,26-28H2,1-5H3. The Morgan fingerprint density at radius 2 is 1.67 bits per heavy atom. The first-order chi connectivity index (χ1) is 25.2. The minimum absolute atomic E-state index is 0.157. The molecular formula is C40H51N7O5. The number of hydrogen-bond donors (Lipinski definition) is 0. The molecule has 1 saturated heterocycles. The van der Waals surface area contributed by atoms with Crippen LogP contribution in [-0.4, -0.2) is 117 Å². The maximum absolute atomic E-state index is 13.5. The van der Waals surface area contributed by atoms with Crippen molar-refractivity contribution in [1.29, 1.82) is 0 Å². The number of carbonyl (C=O) groups is 2. The highest BCUT2D eigenvalue weighted by Crippen LogP contribution is 2.37. The van der Waals surface area contributed by atoms with Gasteiger partial charge in [-0.3, -0.25) is 9.69 Å². The zero-order chi connectivity index (χ0) is 36.6. The van der Waals surface area contributed by atoms with Crippen molar-refractivity contribution >= 4 is 34.3 Å². The SMILES string of the molecule is CCCCOC(=O)N1CCN(c2nc(OCCN(C)C)nc3c2CCN(c2cc(OCc4ccccc4)cc4ccccc24)C3)CC1C(=O)N(C)C. The third-order valence-corrected chi connectivity index (χ3v) is 9.56. The van der Waals surface area contributed by atoms with Crippen LogP contribution in [0.25, 0.3) is 10.8 Å². The van der Waals surface area contributed by atoms with Gasteiger partial charge in [0.2, 0.25) is 5.91 Å². The van der Waals surface area contributed by atoms with Crippen LogP contribution in [0.5, 0.6) is 11.8 Å². The summed E-state index contributed by atoms with van der Waals surface area (Å²) in [6, 6.07) is 22.4. The zero-order valence-corrected chi connectivity index (χ0v) is 31.1. The number of aromatic nitrogens is 2. The van der Waals surface area contributed by atoms with Crippen LogP contribution in [0, 0.1) is 0 Å². The Balaban J connectivity index is 1.31. The van der Waals surface area contributed by atoms with Crippen LogP contribution in [0.2, 0.25) is 0 Å². The fourth-order valence-corrected chi connectivity index (χ4v) is 6.68. The molecule has 12 nitrogen and oxygen atoms in total. The van der Waals surface area contributed by atoms with Crippen molar-refractivity contribution in [3.05, 3.63) is 83.6 Å². The van der Waals surface area contributed by atoms with Gasteiger partial charge in [-0.2, -0.15) is 9.97 Å². The van der Waals surface area contributed by atoms with Crippen molar-refractivity contribution in [3.63, 3.8) is 0 Å². The Bertz CT molecular complexity index is 1840. The van der Waals surface area contributed by atoms with Gasteiger partial charge in [-0.05, 0) is 44.0 Å². The lowest BCUT2D eigenvalue weighted by atomic mass is 10.0. The van der Waals surface area contributed by atoms with E-state index in [9.17, 15) is 9.59 Å². The van der Waals surface area contributed by atoms with Crippen molar-refractivity contribution in [2.45, 2.75) is 45.4 Å². The third kappa shape index (κ3) is 8.67. The Labute approximate surface area is 306 Å². The van der Waals surface area contributed by atoms with Crippen molar-refractivity contribution < 1.29 is 23.8 Å². The summed E-state index contributed by atoms with van der Waals surface area (Å²) in [5.74, 6) is 1.40. The number of anilines is 2. The Morgan fingerprint density at radius 3 is 2.44 bits per heavy atom. The van der Waals surface area contributed by atoms with Crippen molar-refractivity contribution in [1.82, 2.24) is 24.7 Å². The second kappa shape index (κ2) is 16.9. The Hall–Kier alpha value is -5.10. The number of piperazine rings is 1. The molecule has 3 heterocycles. The van der Waals surface area contributed by atoms with E-state index in [1.165, 1.54) is 4.90 Å². The fourth-order valence-electron chi connectivity index (χ4n) is 6.68. The molecule has 2 aliphatic rings. The number of nitrogens with zero attached hydrogens (tertiary/aromatic N) is 7. The summed E-state index contributed by atoms with van der Waals surface area (Å²) in [6.07, 6.45) is 1.93. The first kappa shape index (κ1) is 36.7. The number of carbonyl (C=O) groups excluding carboxylic acids is 2. The number of benzene rings is 3. The molecule has 0 bridgehead atoms. The molecule has 4 aromatic rings. The second-order valence-corrected chi connectivity index (χ2v) is 13.9. The summed E-state index contributed by atoms with van der Waals surface area (Å²) in [5.41, 5.74) is 4.10. The highest BCUT2D eigenvalue weighted by Gasteiger charge is 2.39. The van der Waals surface area contributed by atoms with E-state index in [2.05, 4.69) is 57.2 Å². The largest absolute Gasteiger partial charge is 0.489 e. The lowest BCUT2D eigenvalue weighted by Gasteiger charge is -2.42. The molecule has 52 heavy (non-hydrogen) atoms. The van der Waals surface area contributed by atoms with E-state index in [0.29, 0.717) is 58.4 Å². The molecule has 1 fully saturated rings. The Morgan fingerprint density at radius 1 is 0.885 bits per heavy atom. The molecule has 276 valence electrons. The quantitative estimate of drug-likeness (QED) is 0.172. The lowest BCUT2D eigenvalue weighted by molar-refractivity contribution is -0.134. The van der Waals surface area contributed by atoms with Crippen LogP contribution in [0.3, 0.4) is 0 Å². The molecule has 0 aliphatic carbocycles. The molecule has 3 aromatic carbocycles. The minimum atomic E-state index is -0.716. The smallest absolute Gasteiger partial charge is 0.410 e. The van der Waals surface area contributed by atoms with Crippen molar-refractivity contribution in [2.75, 3.05) is 83.9 Å². The fraction of sp³-hybridized carbons (Fsp3) is 0.450. The number of fused-ring (bicyclic) bond motifs is 2. The number of rotatable bonds is 13. The number of unbranched alkanes of at least 4 members (excludes halogenated alkanes) is 1. The van der Waals surface area contributed by atoms with Gasteiger partial charge < -0.3 is 33.8 Å². The summed E-state index contributed by atoms with van der Waals surface area (Å²) in [4.78, 5) is 46.2. The van der Waals surface area contributed by atoms with Crippen molar-refractivity contribution in [2.24, 2.45) is 0 Å². The number of hydrogen-bond acceptors (Lipinski definition) is 10. The molecule has 0 spiro atoms. The van der Waals surface area contributed by atoms with E-state index in [0.717, 1.165) is 64.2 Å². The molecule has 1 aromatic heterocycles. The molecule has 2 amide bonds. The number of amides is 2. The maximum atomic E-state index is 13.5. The van der Waals surface area contributed by atoms with Crippen LogP contribution in [-0.2, 0) is 29.1 Å². The van der Waals surface area contributed by atoms with Crippen molar-refractivity contribution in [3.8, 4) is 11.8 Å². The molecule has 2 aliphatic heterocycles. The van der Waals surface area contributed by atoms with Crippen LogP contribution >= 0.6 is 0 Å². The average molecular weight is 710 g/mol. The first-order valence-electron chi connectivity index (χ1n) is 18.2. The van der Waals surface area contributed by atoms with Gasteiger partial charge in [0, 0.05) is 69.5 Å². The van der Waals surface area contributed by atoms with Gasteiger partial charge >= 0.3 is 12.1 Å². The van der Waals surface area contributed by atoms with Crippen LogP contribution in [0.15, 0.2) is 66.7 Å². The van der Waals surface area contributed by atoms with E-state index in [4.69, 9.17) is 24.2 Å². The number of likely N-dealkylation sites (N-methyl/N-ethyl adjacent to an activating group) is 2. The molecule has 6 rings (SSSR count). The summed E-state index contributed by atoms with van der Waals surface area (Å²) >= 11 is 0. The van der Waals surface area contributed by atoms with E-state index in [1.807, 2.05) is 45.3 Å². The second-order valence-electron chi connectivity index (χ2n) is 13.9. The molecule has 0 radical (unpaired) electrons. The predicted molar refractivity (Wildman–Crippen MR) is 203 cm³/mol. The monoisotopic (exact) mass is 709 g/mol. The topological polar surface area (TPSA) is 104 Å². The molecule has 1 atom stereocenters. The summed E-state index contributed by atoms with van der Waals surface area (Å²) < 4.78 is 18.0. The molecular weight excluding hydrogens is 658 g/mol. The van der Waals surface area contributed by atoms with Gasteiger partial charge in [-0.15, -0.1) is 0 Å². The van der Waals surface area contributed by atoms with Crippen LogP contribution < -0.4 is 19.3 Å². The van der Waals surface area contributed by atoms with Crippen LogP contribution in [0.4, 0.5) is 16.3 Å². The summed E-state index contributed by atoms with van der Waals surface area (Å²) in [5, 5.41) is 2.24. The normalized spacial score (nSPS) is 15.8. The predicted octanol–water partition coefficient (Wildman–Crippen LogP) is 5.23. The van der Waals surface area contributed by atoms with Gasteiger partial charge in [0.1, 0.15) is 30.8 Å². The average Bonchev–Trinajstić information content (AvgIpc) is 3.16. The molecule has 12 heteroatoms. The van der Waals surface area contributed by atoms with E-state index >= 15 is 0 Å². The minimum Gasteiger partial charge on any atom is -0.489 e. The number of ether oxygens (including phenoxy) is 3. The van der Waals surface area contributed by atoms with Gasteiger partial charge in [-0.25, -0.2) is 4.79 Å².